The van der Waals surface area contributed by atoms with Crippen LogP contribution in [-0.2, 0) is 4.79 Å². The fourth-order valence-electron chi connectivity index (χ4n) is 3.65. The van der Waals surface area contributed by atoms with E-state index in [-0.39, 0.29) is 17.2 Å². The van der Waals surface area contributed by atoms with Crippen molar-refractivity contribution in [3.8, 4) is 6.07 Å². The van der Waals surface area contributed by atoms with E-state index in [0.717, 1.165) is 30.3 Å². The number of nitrogens with one attached hydrogen (secondary N) is 1. The van der Waals surface area contributed by atoms with Crippen molar-refractivity contribution in [3.05, 3.63) is 23.8 Å². The first-order valence-corrected chi connectivity index (χ1v) is 9.08. The molecule has 5 heteroatoms. The molecule has 1 aliphatic rings. The molecule has 3 rings (SSSR count). The average Bonchev–Trinajstić information content (AvgIpc) is 2.82. The van der Waals surface area contributed by atoms with Crippen molar-refractivity contribution in [3.63, 3.8) is 0 Å². The zero-order valence-electron chi connectivity index (χ0n) is 15.5. The van der Waals surface area contributed by atoms with E-state index in [9.17, 15) is 10.1 Å². The molecule has 0 aliphatic heterocycles. The molecule has 1 N–H and O–H groups in total. The number of nitrogens with zero attached hydrogens (tertiary/aromatic N) is 3. The number of carbonyl (C=O) groups excluding carboxylic acids is 1. The normalized spacial score (nSPS) is 16.3. The molecule has 2 aromatic rings. The highest BCUT2D eigenvalue weighted by atomic mass is 16.2. The van der Waals surface area contributed by atoms with Crippen LogP contribution in [-0.4, -0.2) is 15.5 Å². The summed E-state index contributed by atoms with van der Waals surface area (Å²) in [4.78, 5) is 17.5. The summed E-state index contributed by atoms with van der Waals surface area (Å²) in [5.74, 6) is 0.561. The number of carbonyl (C=O) groups is 1. The van der Waals surface area contributed by atoms with Gasteiger partial charge in [-0.25, -0.2) is 4.98 Å². The van der Waals surface area contributed by atoms with E-state index < -0.39 is 0 Å². The molecular formula is C20H26N4O. The summed E-state index contributed by atoms with van der Waals surface area (Å²) in [7, 11) is 0. The molecule has 1 atom stereocenters. The molecule has 0 spiro atoms. The number of amides is 1. The molecule has 1 saturated carbocycles. The minimum Gasteiger partial charge on any atom is -0.307 e. The Hall–Kier alpha value is -2.35. The van der Waals surface area contributed by atoms with E-state index in [1.165, 1.54) is 6.42 Å². The molecule has 1 amide bonds. The number of aromatic nitrogens is 2. The molecule has 0 radical (unpaired) electrons. The largest absolute Gasteiger partial charge is 0.307 e. The van der Waals surface area contributed by atoms with Crippen LogP contribution in [0.15, 0.2) is 18.2 Å². The van der Waals surface area contributed by atoms with Gasteiger partial charge in [0.25, 0.3) is 0 Å². The van der Waals surface area contributed by atoms with E-state index in [4.69, 9.17) is 0 Å². The lowest BCUT2D eigenvalue weighted by atomic mass is 9.78. The van der Waals surface area contributed by atoms with Gasteiger partial charge < -0.3 is 4.57 Å². The number of nitriles is 1. The minimum absolute atomic E-state index is 0.0198. The summed E-state index contributed by atoms with van der Waals surface area (Å²) in [6.07, 6.45) is 4.15. The monoisotopic (exact) mass is 338 g/mol. The van der Waals surface area contributed by atoms with Crippen molar-refractivity contribution in [2.75, 3.05) is 5.32 Å². The first-order valence-electron chi connectivity index (χ1n) is 9.08. The molecule has 1 aromatic carbocycles. The molecule has 1 unspecified atom stereocenters. The number of hydrogen-bond donors (Lipinski definition) is 1. The van der Waals surface area contributed by atoms with E-state index in [2.05, 4.69) is 41.7 Å². The molecule has 132 valence electrons. The first kappa shape index (κ1) is 17.5. The zero-order valence-corrected chi connectivity index (χ0v) is 15.5. The molecule has 1 heterocycles. The third kappa shape index (κ3) is 3.26. The van der Waals surface area contributed by atoms with Crippen LogP contribution in [0.1, 0.15) is 65.0 Å². The van der Waals surface area contributed by atoms with Crippen LogP contribution < -0.4 is 5.32 Å². The van der Waals surface area contributed by atoms with Crippen molar-refractivity contribution in [1.82, 2.24) is 9.55 Å². The quantitative estimate of drug-likeness (QED) is 0.882. The van der Waals surface area contributed by atoms with Crippen LogP contribution in [0, 0.1) is 22.7 Å². The highest BCUT2D eigenvalue weighted by molar-refractivity contribution is 5.93. The Balaban J connectivity index is 2.01. The minimum atomic E-state index is -0.0971. The lowest BCUT2D eigenvalue weighted by molar-refractivity contribution is -0.123. The topological polar surface area (TPSA) is 70.7 Å². The van der Waals surface area contributed by atoms with Crippen molar-refractivity contribution in [2.45, 2.75) is 59.4 Å². The molecule has 25 heavy (non-hydrogen) atoms. The fraction of sp³-hybridized carbons (Fsp3) is 0.550. The standard InChI is InChI=1S/C20H26N4O/c1-5-15(20(2,3)4)18(25)23-19-22-16-10-9-13(12-21)11-17(16)24(19)14-7-6-8-14/h9-11,14-15H,5-8H2,1-4H3,(H,22,23,25). The van der Waals surface area contributed by atoms with Crippen LogP contribution in [0.2, 0.25) is 0 Å². The number of rotatable bonds is 4. The highest BCUT2D eigenvalue weighted by Gasteiger charge is 2.32. The highest BCUT2D eigenvalue weighted by Crippen LogP contribution is 2.38. The first-order chi connectivity index (χ1) is 11.8. The molecule has 1 aromatic heterocycles. The Labute approximate surface area is 149 Å². The summed E-state index contributed by atoms with van der Waals surface area (Å²) in [6, 6.07) is 8.05. The van der Waals surface area contributed by atoms with Crippen molar-refractivity contribution in [1.29, 1.82) is 5.26 Å². The van der Waals surface area contributed by atoms with Gasteiger partial charge in [-0.15, -0.1) is 0 Å². The second-order valence-corrected chi connectivity index (χ2v) is 8.02. The molecule has 1 aliphatic carbocycles. The van der Waals surface area contributed by atoms with Gasteiger partial charge in [0.1, 0.15) is 0 Å². The maximum absolute atomic E-state index is 12.9. The number of fused-ring (bicyclic) bond motifs is 1. The van der Waals surface area contributed by atoms with E-state index >= 15 is 0 Å². The smallest absolute Gasteiger partial charge is 0.230 e. The van der Waals surface area contributed by atoms with Gasteiger partial charge in [0.05, 0.1) is 22.7 Å². The number of imidazole rings is 1. The number of benzene rings is 1. The Bertz CT molecular complexity index is 834. The summed E-state index contributed by atoms with van der Waals surface area (Å²) in [5, 5.41) is 12.3. The predicted molar refractivity (Wildman–Crippen MR) is 99.2 cm³/mol. The fourth-order valence-corrected chi connectivity index (χ4v) is 3.65. The predicted octanol–water partition coefficient (Wildman–Crippen LogP) is 4.64. The maximum Gasteiger partial charge on any atom is 0.230 e. The van der Waals surface area contributed by atoms with Gasteiger partial charge in [-0.3, -0.25) is 10.1 Å². The summed E-state index contributed by atoms with van der Waals surface area (Å²) in [6.45, 7) is 8.32. The maximum atomic E-state index is 12.9. The average molecular weight is 338 g/mol. The van der Waals surface area contributed by atoms with Gasteiger partial charge in [0, 0.05) is 12.0 Å². The Morgan fingerprint density at radius 1 is 1.44 bits per heavy atom. The third-order valence-corrected chi connectivity index (χ3v) is 5.26. The van der Waals surface area contributed by atoms with Gasteiger partial charge in [0.15, 0.2) is 0 Å². The van der Waals surface area contributed by atoms with Crippen LogP contribution >= 0.6 is 0 Å². The lowest BCUT2D eigenvalue weighted by Gasteiger charge is -2.31. The van der Waals surface area contributed by atoms with Crippen molar-refractivity contribution in [2.24, 2.45) is 11.3 Å². The van der Waals surface area contributed by atoms with Gasteiger partial charge in [0.2, 0.25) is 11.9 Å². The van der Waals surface area contributed by atoms with E-state index in [1.807, 2.05) is 19.1 Å². The molecular weight excluding hydrogens is 312 g/mol. The summed E-state index contributed by atoms with van der Waals surface area (Å²) < 4.78 is 2.12. The van der Waals surface area contributed by atoms with Crippen molar-refractivity contribution < 1.29 is 4.79 Å². The van der Waals surface area contributed by atoms with Crippen LogP contribution in [0.3, 0.4) is 0 Å². The third-order valence-electron chi connectivity index (χ3n) is 5.26. The Morgan fingerprint density at radius 3 is 2.68 bits per heavy atom. The van der Waals surface area contributed by atoms with E-state index in [0.29, 0.717) is 17.6 Å². The SMILES string of the molecule is CCC(C(=O)Nc1nc2ccc(C#N)cc2n1C1CCC1)C(C)(C)C. The van der Waals surface area contributed by atoms with Gasteiger partial charge in [-0.05, 0) is 49.3 Å². The van der Waals surface area contributed by atoms with Crippen molar-refractivity contribution >= 4 is 22.9 Å². The molecule has 1 fully saturated rings. The number of anilines is 1. The zero-order chi connectivity index (χ0) is 18.2. The summed E-state index contributed by atoms with van der Waals surface area (Å²) in [5.41, 5.74) is 2.28. The van der Waals surface area contributed by atoms with Gasteiger partial charge >= 0.3 is 0 Å². The molecule has 0 saturated heterocycles. The van der Waals surface area contributed by atoms with Gasteiger partial charge in [-0.1, -0.05) is 27.7 Å². The van der Waals surface area contributed by atoms with Crippen LogP contribution in [0.25, 0.3) is 11.0 Å². The van der Waals surface area contributed by atoms with E-state index in [1.54, 1.807) is 6.07 Å². The van der Waals surface area contributed by atoms with Gasteiger partial charge in [-0.2, -0.15) is 5.26 Å². The molecule has 5 nitrogen and oxygen atoms in total. The Morgan fingerprint density at radius 2 is 2.16 bits per heavy atom. The lowest BCUT2D eigenvalue weighted by Crippen LogP contribution is -2.34. The second-order valence-electron chi connectivity index (χ2n) is 8.02. The second kappa shape index (κ2) is 6.51. The molecule has 0 bridgehead atoms. The number of hydrogen-bond acceptors (Lipinski definition) is 3. The van der Waals surface area contributed by atoms with Crippen LogP contribution in [0.5, 0.6) is 0 Å². The van der Waals surface area contributed by atoms with Crippen LogP contribution in [0.4, 0.5) is 5.95 Å². The summed E-state index contributed by atoms with van der Waals surface area (Å²) >= 11 is 0. The Kier molecular flexibility index (Phi) is 4.55.